The van der Waals surface area contributed by atoms with Gasteiger partial charge in [0.15, 0.2) is 0 Å². The molecule has 1 heterocycles. The zero-order valence-corrected chi connectivity index (χ0v) is 17.3. The zero-order valence-electron chi connectivity index (χ0n) is 17.3. The van der Waals surface area contributed by atoms with Gasteiger partial charge in [-0.1, -0.05) is 36.4 Å². The molecule has 2 fully saturated rings. The SMILES string of the molecule is C=CCN1CCC2(c3cccc(O)c3)C[C@@H](NC(=O)c3ccccc3)CCC2(O)C1. The second kappa shape index (κ2) is 8.25. The van der Waals surface area contributed by atoms with Crippen molar-refractivity contribution in [3.63, 3.8) is 0 Å². The predicted octanol–water partition coefficient (Wildman–Crippen LogP) is 3.24. The Labute approximate surface area is 178 Å². The number of fused-ring (bicyclic) bond motifs is 1. The van der Waals surface area contributed by atoms with E-state index < -0.39 is 11.0 Å². The highest BCUT2D eigenvalue weighted by Crippen LogP contribution is 2.52. The highest BCUT2D eigenvalue weighted by molar-refractivity contribution is 5.94. The summed E-state index contributed by atoms with van der Waals surface area (Å²) in [5, 5.41) is 25.2. The second-order valence-electron chi connectivity index (χ2n) is 8.72. The molecule has 0 bridgehead atoms. The number of nitrogens with one attached hydrogen (secondary N) is 1. The first-order valence-corrected chi connectivity index (χ1v) is 10.7. The first kappa shape index (κ1) is 20.6. The molecular formula is C25H30N2O3. The number of amides is 1. The molecule has 0 radical (unpaired) electrons. The van der Waals surface area contributed by atoms with Crippen LogP contribution in [0.3, 0.4) is 0 Å². The Kier molecular flexibility index (Phi) is 5.67. The van der Waals surface area contributed by atoms with E-state index in [-0.39, 0.29) is 17.7 Å². The largest absolute Gasteiger partial charge is 0.508 e. The van der Waals surface area contributed by atoms with Crippen LogP contribution < -0.4 is 5.32 Å². The lowest BCUT2D eigenvalue weighted by molar-refractivity contribution is -0.123. The molecule has 1 aliphatic carbocycles. The van der Waals surface area contributed by atoms with Gasteiger partial charge in [0.25, 0.3) is 5.91 Å². The summed E-state index contributed by atoms with van der Waals surface area (Å²) < 4.78 is 0. The molecule has 0 spiro atoms. The van der Waals surface area contributed by atoms with Crippen molar-refractivity contribution in [2.45, 2.75) is 42.7 Å². The van der Waals surface area contributed by atoms with Crippen LogP contribution in [0.5, 0.6) is 5.75 Å². The Hall–Kier alpha value is -2.63. The molecule has 1 saturated heterocycles. The van der Waals surface area contributed by atoms with Crippen LogP contribution in [0, 0.1) is 0 Å². The molecule has 158 valence electrons. The average molecular weight is 407 g/mol. The zero-order chi connectivity index (χ0) is 21.2. The number of hydrogen-bond acceptors (Lipinski definition) is 4. The van der Waals surface area contributed by atoms with E-state index in [0.717, 1.165) is 31.5 Å². The summed E-state index contributed by atoms with van der Waals surface area (Å²) in [5.41, 5.74) is 0.152. The molecule has 4 rings (SSSR count). The number of β-amino-alcohol motifs (C(OH)–C–C–N with tert-alkyl or cyclic N) is 1. The van der Waals surface area contributed by atoms with Gasteiger partial charge in [0.05, 0.1) is 5.60 Å². The van der Waals surface area contributed by atoms with Crippen molar-refractivity contribution in [3.05, 3.63) is 78.4 Å². The van der Waals surface area contributed by atoms with Crippen molar-refractivity contribution in [1.29, 1.82) is 0 Å². The van der Waals surface area contributed by atoms with Gasteiger partial charge in [-0.25, -0.2) is 0 Å². The van der Waals surface area contributed by atoms with Gasteiger partial charge < -0.3 is 15.5 Å². The molecule has 1 amide bonds. The fourth-order valence-electron chi connectivity index (χ4n) is 5.38. The van der Waals surface area contributed by atoms with Gasteiger partial charge in [0.1, 0.15) is 5.75 Å². The normalized spacial score (nSPS) is 29.0. The van der Waals surface area contributed by atoms with E-state index in [2.05, 4.69) is 16.8 Å². The molecule has 0 aromatic heterocycles. The molecule has 2 aromatic rings. The van der Waals surface area contributed by atoms with E-state index in [9.17, 15) is 15.0 Å². The molecule has 1 aliphatic heterocycles. The maximum Gasteiger partial charge on any atom is 0.251 e. The smallest absolute Gasteiger partial charge is 0.251 e. The number of likely N-dealkylation sites (tertiary alicyclic amines) is 1. The van der Waals surface area contributed by atoms with Crippen molar-refractivity contribution < 1.29 is 15.0 Å². The summed E-state index contributed by atoms with van der Waals surface area (Å²) in [6.07, 6.45) is 4.59. The lowest BCUT2D eigenvalue weighted by Gasteiger charge is -2.58. The number of piperidine rings is 1. The molecule has 5 heteroatoms. The van der Waals surface area contributed by atoms with Crippen molar-refractivity contribution in [2.75, 3.05) is 19.6 Å². The van der Waals surface area contributed by atoms with Crippen molar-refractivity contribution in [3.8, 4) is 5.75 Å². The highest BCUT2D eigenvalue weighted by Gasteiger charge is 2.57. The van der Waals surface area contributed by atoms with Gasteiger partial charge in [0, 0.05) is 30.1 Å². The highest BCUT2D eigenvalue weighted by atomic mass is 16.3. The first-order chi connectivity index (χ1) is 14.5. The van der Waals surface area contributed by atoms with Gasteiger partial charge in [-0.3, -0.25) is 9.69 Å². The molecule has 2 aromatic carbocycles. The number of phenolic OH excluding ortho intramolecular Hbond substituents is 1. The summed E-state index contributed by atoms with van der Waals surface area (Å²) in [6.45, 7) is 5.98. The third kappa shape index (κ3) is 3.75. The van der Waals surface area contributed by atoms with Crippen molar-refractivity contribution in [1.82, 2.24) is 10.2 Å². The summed E-state index contributed by atoms with van der Waals surface area (Å²) in [4.78, 5) is 15.0. The molecule has 3 N–H and O–H groups in total. The number of phenols is 1. The van der Waals surface area contributed by atoms with Crippen molar-refractivity contribution in [2.24, 2.45) is 0 Å². The van der Waals surface area contributed by atoms with E-state index in [1.54, 1.807) is 12.1 Å². The van der Waals surface area contributed by atoms with Crippen LogP contribution in [0.25, 0.3) is 0 Å². The minimum Gasteiger partial charge on any atom is -0.508 e. The van der Waals surface area contributed by atoms with Crippen LogP contribution in [0.1, 0.15) is 41.6 Å². The predicted molar refractivity (Wildman–Crippen MR) is 118 cm³/mol. The molecular weight excluding hydrogens is 376 g/mol. The van der Waals surface area contributed by atoms with Crippen LogP contribution in [-0.2, 0) is 5.41 Å². The van der Waals surface area contributed by atoms with Crippen LogP contribution in [-0.4, -0.2) is 52.3 Å². The summed E-state index contributed by atoms with van der Waals surface area (Å²) >= 11 is 0. The molecule has 30 heavy (non-hydrogen) atoms. The maximum atomic E-state index is 12.8. The number of aliphatic hydroxyl groups is 1. The van der Waals surface area contributed by atoms with E-state index in [1.165, 1.54) is 0 Å². The van der Waals surface area contributed by atoms with Crippen LogP contribution in [0.4, 0.5) is 0 Å². The van der Waals surface area contributed by atoms with Gasteiger partial charge in [-0.2, -0.15) is 0 Å². The number of rotatable bonds is 5. The number of nitrogens with zero attached hydrogens (tertiary/aromatic N) is 1. The van der Waals surface area contributed by atoms with Crippen LogP contribution in [0.2, 0.25) is 0 Å². The van der Waals surface area contributed by atoms with Crippen molar-refractivity contribution >= 4 is 5.91 Å². The van der Waals surface area contributed by atoms with Gasteiger partial charge in [0.2, 0.25) is 0 Å². The van der Waals surface area contributed by atoms with E-state index >= 15 is 0 Å². The number of carbonyl (C=O) groups excluding carboxylic acids is 1. The molecule has 5 nitrogen and oxygen atoms in total. The minimum atomic E-state index is -0.921. The summed E-state index contributed by atoms with van der Waals surface area (Å²) in [7, 11) is 0. The average Bonchev–Trinajstić information content (AvgIpc) is 2.75. The maximum absolute atomic E-state index is 12.8. The number of carbonyl (C=O) groups is 1. The number of benzene rings is 2. The molecule has 3 atom stereocenters. The van der Waals surface area contributed by atoms with Gasteiger partial charge in [-0.15, -0.1) is 6.58 Å². The Bertz CT molecular complexity index is 916. The van der Waals surface area contributed by atoms with Crippen LogP contribution in [0.15, 0.2) is 67.3 Å². The molecule has 1 saturated carbocycles. The Morgan fingerprint density at radius 2 is 2.00 bits per heavy atom. The fourth-order valence-corrected chi connectivity index (χ4v) is 5.38. The van der Waals surface area contributed by atoms with Crippen LogP contribution >= 0.6 is 0 Å². The van der Waals surface area contributed by atoms with Gasteiger partial charge >= 0.3 is 0 Å². The topological polar surface area (TPSA) is 72.8 Å². The lowest BCUT2D eigenvalue weighted by Crippen LogP contribution is -2.67. The van der Waals surface area contributed by atoms with E-state index in [0.29, 0.717) is 24.9 Å². The summed E-state index contributed by atoms with van der Waals surface area (Å²) in [6, 6.07) is 16.5. The Balaban J connectivity index is 1.63. The molecule has 2 aliphatic rings. The van der Waals surface area contributed by atoms with E-state index in [1.807, 2.05) is 48.5 Å². The standard InChI is InChI=1S/C25H30N2O3/c1-2-14-27-15-13-24(20-9-6-10-22(28)16-20)17-21(11-12-25(24,30)18-27)26-23(29)19-7-4-3-5-8-19/h2-10,16,21,28,30H,1,11-15,17-18H2,(H,26,29)/t21-,24?,25?/m0/s1. The quantitative estimate of drug-likeness (QED) is 0.667. The van der Waals surface area contributed by atoms with Gasteiger partial charge in [-0.05, 0) is 62.1 Å². The lowest BCUT2D eigenvalue weighted by atomic mass is 9.55. The Morgan fingerprint density at radius 1 is 1.20 bits per heavy atom. The Morgan fingerprint density at radius 3 is 2.73 bits per heavy atom. The third-order valence-electron chi connectivity index (χ3n) is 6.89. The third-order valence-corrected chi connectivity index (χ3v) is 6.89. The summed E-state index contributed by atoms with van der Waals surface area (Å²) in [5.74, 6) is 0.120. The number of hydrogen-bond donors (Lipinski definition) is 3. The van der Waals surface area contributed by atoms with E-state index in [4.69, 9.17) is 0 Å². The second-order valence-corrected chi connectivity index (χ2v) is 8.72. The fraction of sp³-hybridized carbons (Fsp3) is 0.400. The minimum absolute atomic E-state index is 0.0358. The monoisotopic (exact) mass is 406 g/mol. The molecule has 2 unspecified atom stereocenters. The first-order valence-electron chi connectivity index (χ1n) is 10.7. The number of aromatic hydroxyl groups is 1.